The number of nitrogens with zero attached hydrogens (tertiary/aromatic N) is 2. The summed E-state index contributed by atoms with van der Waals surface area (Å²) in [5.74, 6) is 0.662. The van der Waals surface area contributed by atoms with Crippen LogP contribution in [0.3, 0.4) is 0 Å². The molecule has 0 aliphatic carbocycles. The molecular formula is C10H11ClN2S. The van der Waals surface area contributed by atoms with Gasteiger partial charge in [0.15, 0.2) is 0 Å². The highest BCUT2D eigenvalue weighted by Gasteiger charge is 2.07. The van der Waals surface area contributed by atoms with Crippen molar-refractivity contribution in [1.29, 1.82) is 0 Å². The molecule has 2 nitrogen and oxygen atoms in total. The predicted octanol–water partition coefficient (Wildman–Crippen LogP) is 3.54. The van der Waals surface area contributed by atoms with E-state index in [-0.39, 0.29) is 0 Å². The first-order chi connectivity index (χ1) is 6.66. The lowest BCUT2D eigenvalue weighted by Gasteiger charge is -1.98. The molecule has 0 saturated carbocycles. The number of fused-ring (bicyclic) bond motifs is 1. The summed E-state index contributed by atoms with van der Waals surface area (Å²) in [5.41, 5.74) is 0. The van der Waals surface area contributed by atoms with Crippen molar-refractivity contribution in [3.05, 3.63) is 22.4 Å². The molecule has 0 spiro atoms. The SMILES string of the molecule is CC(C)Cc1cc2c(Cl)ncnc2s1. The van der Waals surface area contributed by atoms with Crippen LogP contribution in [-0.4, -0.2) is 9.97 Å². The van der Waals surface area contributed by atoms with Crippen LogP contribution in [0.1, 0.15) is 18.7 Å². The summed E-state index contributed by atoms with van der Waals surface area (Å²) in [4.78, 5) is 10.5. The van der Waals surface area contributed by atoms with Gasteiger partial charge in [-0.25, -0.2) is 9.97 Å². The topological polar surface area (TPSA) is 25.8 Å². The number of halogens is 1. The standard InChI is InChI=1S/C10H11ClN2S/c1-6(2)3-7-4-8-9(11)12-5-13-10(8)14-7/h4-6H,3H2,1-2H3. The summed E-state index contributed by atoms with van der Waals surface area (Å²) < 4.78 is 0. The highest BCUT2D eigenvalue weighted by atomic mass is 35.5. The fourth-order valence-corrected chi connectivity index (χ4v) is 2.83. The van der Waals surface area contributed by atoms with E-state index in [1.165, 1.54) is 11.2 Å². The van der Waals surface area contributed by atoms with Crippen LogP contribution in [0.2, 0.25) is 5.15 Å². The summed E-state index contributed by atoms with van der Waals surface area (Å²) in [5, 5.41) is 1.54. The van der Waals surface area contributed by atoms with E-state index >= 15 is 0 Å². The van der Waals surface area contributed by atoms with Crippen LogP contribution < -0.4 is 0 Å². The van der Waals surface area contributed by atoms with Crippen LogP contribution in [0.4, 0.5) is 0 Å². The van der Waals surface area contributed by atoms with Crippen molar-refractivity contribution in [2.24, 2.45) is 5.92 Å². The van der Waals surface area contributed by atoms with Gasteiger partial charge in [-0.05, 0) is 18.4 Å². The molecule has 0 radical (unpaired) electrons. The maximum absolute atomic E-state index is 5.96. The molecule has 0 bridgehead atoms. The van der Waals surface area contributed by atoms with Crippen LogP contribution in [0.15, 0.2) is 12.4 Å². The minimum absolute atomic E-state index is 0.557. The zero-order valence-electron chi connectivity index (χ0n) is 8.12. The van der Waals surface area contributed by atoms with E-state index in [2.05, 4.69) is 29.9 Å². The second kappa shape index (κ2) is 3.83. The first-order valence-corrected chi connectivity index (χ1v) is 5.75. The minimum atomic E-state index is 0.557. The van der Waals surface area contributed by atoms with Gasteiger partial charge in [-0.15, -0.1) is 11.3 Å². The van der Waals surface area contributed by atoms with Crippen LogP contribution >= 0.6 is 22.9 Å². The Bertz CT molecular complexity index is 450. The first-order valence-electron chi connectivity index (χ1n) is 4.55. The fourth-order valence-electron chi connectivity index (χ4n) is 1.38. The van der Waals surface area contributed by atoms with Crippen LogP contribution in [0.25, 0.3) is 10.2 Å². The summed E-state index contributed by atoms with van der Waals surface area (Å²) in [6.07, 6.45) is 2.59. The molecule has 2 heterocycles. The lowest BCUT2D eigenvalue weighted by atomic mass is 10.1. The van der Waals surface area contributed by atoms with Gasteiger partial charge in [0.1, 0.15) is 16.3 Å². The van der Waals surface area contributed by atoms with Gasteiger partial charge in [-0.3, -0.25) is 0 Å². The Labute approximate surface area is 92.0 Å². The van der Waals surface area contributed by atoms with Crippen molar-refractivity contribution >= 4 is 33.2 Å². The zero-order valence-corrected chi connectivity index (χ0v) is 9.69. The highest BCUT2D eigenvalue weighted by molar-refractivity contribution is 7.18. The lowest BCUT2D eigenvalue weighted by molar-refractivity contribution is 0.654. The summed E-state index contributed by atoms with van der Waals surface area (Å²) in [6.45, 7) is 4.41. The van der Waals surface area contributed by atoms with Gasteiger partial charge in [0.25, 0.3) is 0 Å². The molecule has 2 aromatic heterocycles. The van der Waals surface area contributed by atoms with E-state index in [1.807, 2.05) is 0 Å². The van der Waals surface area contributed by atoms with Gasteiger partial charge >= 0.3 is 0 Å². The van der Waals surface area contributed by atoms with Crippen molar-refractivity contribution in [1.82, 2.24) is 9.97 Å². The Hall–Kier alpha value is -0.670. The van der Waals surface area contributed by atoms with Crippen molar-refractivity contribution in [3.63, 3.8) is 0 Å². The van der Waals surface area contributed by atoms with Crippen LogP contribution in [0.5, 0.6) is 0 Å². The van der Waals surface area contributed by atoms with E-state index in [9.17, 15) is 0 Å². The van der Waals surface area contributed by atoms with Gasteiger partial charge < -0.3 is 0 Å². The van der Waals surface area contributed by atoms with E-state index in [1.54, 1.807) is 11.3 Å². The molecule has 0 saturated heterocycles. The van der Waals surface area contributed by atoms with Gasteiger partial charge in [0.05, 0.1) is 0 Å². The van der Waals surface area contributed by atoms with E-state index in [0.29, 0.717) is 11.1 Å². The van der Waals surface area contributed by atoms with E-state index < -0.39 is 0 Å². The normalized spacial score (nSPS) is 11.4. The summed E-state index contributed by atoms with van der Waals surface area (Å²) in [7, 11) is 0. The molecule has 0 aliphatic rings. The monoisotopic (exact) mass is 226 g/mol. The van der Waals surface area contributed by atoms with E-state index in [0.717, 1.165) is 16.6 Å². The number of hydrogen-bond acceptors (Lipinski definition) is 3. The van der Waals surface area contributed by atoms with Gasteiger partial charge in [-0.1, -0.05) is 25.4 Å². The largest absolute Gasteiger partial charge is 0.225 e. The Morgan fingerprint density at radius 3 is 2.86 bits per heavy atom. The average molecular weight is 227 g/mol. The van der Waals surface area contributed by atoms with Gasteiger partial charge in [-0.2, -0.15) is 0 Å². The molecule has 2 aromatic rings. The number of thiophene rings is 1. The average Bonchev–Trinajstić information content (AvgIpc) is 2.47. The fraction of sp³-hybridized carbons (Fsp3) is 0.400. The maximum atomic E-state index is 5.96. The Morgan fingerprint density at radius 1 is 1.43 bits per heavy atom. The predicted molar refractivity (Wildman–Crippen MR) is 61.0 cm³/mol. The number of rotatable bonds is 2. The summed E-state index contributed by atoms with van der Waals surface area (Å²) >= 11 is 7.67. The van der Waals surface area contributed by atoms with Crippen LogP contribution in [0, 0.1) is 5.92 Å². The zero-order chi connectivity index (χ0) is 10.1. The number of hydrogen-bond donors (Lipinski definition) is 0. The van der Waals surface area contributed by atoms with Crippen molar-refractivity contribution < 1.29 is 0 Å². The van der Waals surface area contributed by atoms with Gasteiger partial charge in [0.2, 0.25) is 0 Å². The molecule has 14 heavy (non-hydrogen) atoms. The molecule has 74 valence electrons. The Kier molecular flexibility index (Phi) is 2.70. The lowest BCUT2D eigenvalue weighted by Crippen LogP contribution is -1.89. The first kappa shape index (κ1) is 9.87. The quantitative estimate of drug-likeness (QED) is 0.732. The molecule has 0 N–H and O–H groups in total. The number of aromatic nitrogens is 2. The molecule has 0 amide bonds. The molecular weight excluding hydrogens is 216 g/mol. The molecule has 0 aromatic carbocycles. The molecule has 0 aliphatic heterocycles. The smallest absolute Gasteiger partial charge is 0.141 e. The van der Waals surface area contributed by atoms with E-state index in [4.69, 9.17) is 11.6 Å². The summed E-state index contributed by atoms with van der Waals surface area (Å²) in [6, 6.07) is 2.10. The molecule has 0 atom stereocenters. The van der Waals surface area contributed by atoms with Crippen LogP contribution in [-0.2, 0) is 6.42 Å². The second-order valence-corrected chi connectivity index (χ2v) is 5.17. The molecule has 0 unspecified atom stereocenters. The van der Waals surface area contributed by atoms with Gasteiger partial charge in [0, 0.05) is 10.3 Å². The Morgan fingerprint density at radius 2 is 2.21 bits per heavy atom. The Balaban J connectivity index is 2.46. The second-order valence-electron chi connectivity index (χ2n) is 3.69. The van der Waals surface area contributed by atoms with Crippen molar-refractivity contribution in [2.45, 2.75) is 20.3 Å². The third-order valence-electron chi connectivity index (χ3n) is 1.94. The third kappa shape index (κ3) is 1.88. The van der Waals surface area contributed by atoms with Crippen molar-refractivity contribution in [2.75, 3.05) is 0 Å². The molecule has 2 rings (SSSR count). The third-order valence-corrected chi connectivity index (χ3v) is 3.31. The van der Waals surface area contributed by atoms with Crippen molar-refractivity contribution in [3.8, 4) is 0 Å². The molecule has 0 fully saturated rings. The minimum Gasteiger partial charge on any atom is -0.225 e. The molecule has 4 heteroatoms. The highest BCUT2D eigenvalue weighted by Crippen LogP contribution is 2.29. The maximum Gasteiger partial charge on any atom is 0.141 e.